The third-order valence-electron chi connectivity index (χ3n) is 4.51. The van der Waals surface area contributed by atoms with Crippen LogP contribution in [0.4, 0.5) is 0 Å². The van der Waals surface area contributed by atoms with E-state index in [2.05, 4.69) is 10.6 Å². The predicted molar refractivity (Wildman–Crippen MR) is 107 cm³/mol. The lowest BCUT2D eigenvalue weighted by Crippen LogP contribution is -2.42. The summed E-state index contributed by atoms with van der Waals surface area (Å²) >= 11 is 0. The standard InChI is InChI=1S/C20H26N2O6S/c1-14-7-8-16(12-15(14)2)29(25,26)18(17-6-4-11-28-17)13-22-20(24)19(23)21-9-5-10-27-3/h4,6-8,11-12,18H,5,9-10,13H2,1-3H3,(H,21,23)(H,22,24)/t18-/m0/s1. The van der Waals surface area contributed by atoms with Crippen LogP contribution in [-0.2, 0) is 24.2 Å². The summed E-state index contributed by atoms with van der Waals surface area (Å²) in [6.45, 7) is 4.15. The number of sulfone groups is 1. The van der Waals surface area contributed by atoms with Gasteiger partial charge in [0.15, 0.2) is 9.84 Å². The fourth-order valence-electron chi connectivity index (χ4n) is 2.66. The molecular formula is C20H26N2O6S. The van der Waals surface area contributed by atoms with Gasteiger partial charge in [-0.15, -0.1) is 0 Å². The van der Waals surface area contributed by atoms with Crippen molar-refractivity contribution in [2.75, 3.05) is 26.8 Å². The number of hydrogen-bond acceptors (Lipinski definition) is 6. The van der Waals surface area contributed by atoms with E-state index >= 15 is 0 Å². The summed E-state index contributed by atoms with van der Waals surface area (Å²) in [5, 5.41) is 3.69. The highest BCUT2D eigenvalue weighted by Gasteiger charge is 2.32. The molecule has 0 spiro atoms. The number of aryl methyl sites for hydroxylation is 2. The van der Waals surface area contributed by atoms with Crippen molar-refractivity contribution in [2.45, 2.75) is 30.4 Å². The van der Waals surface area contributed by atoms with Gasteiger partial charge in [0.1, 0.15) is 11.0 Å². The summed E-state index contributed by atoms with van der Waals surface area (Å²) in [7, 11) is -2.32. The highest BCUT2D eigenvalue weighted by atomic mass is 32.2. The highest BCUT2D eigenvalue weighted by Crippen LogP contribution is 2.29. The van der Waals surface area contributed by atoms with Crippen LogP contribution in [0.1, 0.15) is 28.6 Å². The molecule has 1 aromatic carbocycles. The molecule has 9 heteroatoms. The third kappa shape index (κ3) is 5.91. The number of carbonyl (C=O) groups is 2. The molecule has 0 radical (unpaired) electrons. The molecule has 2 N–H and O–H groups in total. The topological polar surface area (TPSA) is 115 Å². The zero-order chi connectivity index (χ0) is 21.4. The second kappa shape index (κ2) is 10.2. The van der Waals surface area contributed by atoms with Gasteiger partial charge in [-0.25, -0.2) is 8.42 Å². The van der Waals surface area contributed by atoms with Crippen LogP contribution in [0.2, 0.25) is 0 Å². The smallest absolute Gasteiger partial charge is 0.309 e. The summed E-state index contributed by atoms with van der Waals surface area (Å²) in [6.07, 6.45) is 1.92. The van der Waals surface area contributed by atoms with Gasteiger partial charge in [0.05, 0.1) is 11.2 Å². The Morgan fingerprint density at radius 1 is 1.10 bits per heavy atom. The van der Waals surface area contributed by atoms with Gasteiger partial charge in [0.25, 0.3) is 0 Å². The third-order valence-corrected chi connectivity index (χ3v) is 6.57. The SMILES string of the molecule is COCCCNC(=O)C(=O)NC[C@@H](c1ccco1)S(=O)(=O)c1ccc(C)c(C)c1. The lowest BCUT2D eigenvalue weighted by Gasteiger charge is -2.17. The molecule has 1 heterocycles. The van der Waals surface area contributed by atoms with E-state index in [1.54, 1.807) is 25.3 Å². The maximum atomic E-state index is 13.2. The summed E-state index contributed by atoms with van der Waals surface area (Å²) in [6, 6.07) is 7.94. The zero-order valence-corrected chi connectivity index (χ0v) is 17.5. The van der Waals surface area contributed by atoms with Gasteiger partial charge >= 0.3 is 11.8 Å². The van der Waals surface area contributed by atoms with Crippen LogP contribution < -0.4 is 10.6 Å². The first-order valence-corrected chi connectivity index (χ1v) is 10.7. The lowest BCUT2D eigenvalue weighted by molar-refractivity contribution is -0.139. The molecule has 0 bridgehead atoms. The average molecular weight is 423 g/mol. The molecule has 2 rings (SSSR count). The van der Waals surface area contributed by atoms with Crippen molar-refractivity contribution in [2.24, 2.45) is 0 Å². The quantitative estimate of drug-likeness (QED) is 0.469. The molecule has 8 nitrogen and oxygen atoms in total. The molecule has 1 atom stereocenters. The first kappa shape index (κ1) is 22.6. The van der Waals surface area contributed by atoms with E-state index in [0.29, 0.717) is 13.0 Å². The number of benzene rings is 1. The Bertz CT molecular complexity index is 938. The molecule has 0 fully saturated rings. The van der Waals surface area contributed by atoms with E-state index in [-0.39, 0.29) is 23.7 Å². The van der Waals surface area contributed by atoms with Gasteiger partial charge in [0.2, 0.25) is 0 Å². The molecule has 1 aromatic heterocycles. The lowest BCUT2D eigenvalue weighted by atomic mass is 10.1. The fourth-order valence-corrected chi connectivity index (χ4v) is 4.33. The number of hydrogen-bond donors (Lipinski definition) is 2. The van der Waals surface area contributed by atoms with E-state index in [1.807, 2.05) is 13.8 Å². The highest BCUT2D eigenvalue weighted by molar-refractivity contribution is 7.91. The molecule has 0 aliphatic rings. The van der Waals surface area contributed by atoms with Crippen molar-refractivity contribution >= 4 is 21.7 Å². The number of furan rings is 1. The first-order chi connectivity index (χ1) is 13.8. The van der Waals surface area contributed by atoms with E-state index < -0.39 is 26.9 Å². The summed E-state index contributed by atoms with van der Waals surface area (Å²) in [4.78, 5) is 24.1. The van der Waals surface area contributed by atoms with Crippen molar-refractivity contribution in [3.8, 4) is 0 Å². The van der Waals surface area contributed by atoms with Gasteiger partial charge in [-0.3, -0.25) is 9.59 Å². The van der Waals surface area contributed by atoms with E-state index in [9.17, 15) is 18.0 Å². The molecule has 0 saturated heterocycles. The average Bonchev–Trinajstić information content (AvgIpc) is 3.21. The number of nitrogens with one attached hydrogen (secondary N) is 2. The summed E-state index contributed by atoms with van der Waals surface area (Å²) < 4.78 is 36.6. The normalized spacial score (nSPS) is 12.4. The maximum Gasteiger partial charge on any atom is 0.309 e. The maximum absolute atomic E-state index is 13.2. The van der Waals surface area contributed by atoms with Crippen LogP contribution in [0.5, 0.6) is 0 Å². The molecule has 0 unspecified atom stereocenters. The van der Waals surface area contributed by atoms with Crippen molar-refractivity contribution in [1.29, 1.82) is 0 Å². The van der Waals surface area contributed by atoms with Crippen LogP contribution in [0.3, 0.4) is 0 Å². The second-order valence-corrected chi connectivity index (χ2v) is 8.74. The largest absolute Gasteiger partial charge is 0.468 e. The second-order valence-electron chi connectivity index (χ2n) is 6.61. The van der Waals surface area contributed by atoms with Gasteiger partial charge in [0, 0.05) is 26.8 Å². The Labute approximate surface area is 170 Å². The minimum Gasteiger partial charge on any atom is -0.468 e. The number of methoxy groups -OCH3 is 1. The molecule has 0 aliphatic heterocycles. The Hall–Kier alpha value is -2.65. The van der Waals surface area contributed by atoms with E-state index in [1.165, 1.54) is 18.4 Å². The molecule has 0 aliphatic carbocycles. The van der Waals surface area contributed by atoms with Crippen molar-refractivity contribution < 1.29 is 27.2 Å². The molecule has 2 aromatic rings. The molecular weight excluding hydrogens is 396 g/mol. The van der Waals surface area contributed by atoms with Crippen molar-refractivity contribution in [1.82, 2.24) is 10.6 Å². The predicted octanol–water partition coefficient (Wildman–Crippen LogP) is 1.68. The van der Waals surface area contributed by atoms with Gasteiger partial charge in [-0.1, -0.05) is 6.07 Å². The molecule has 0 saturated carbocycles. The van der Waals surface area contributed by atoms with Gasteiger partial charge < -0.3 is 19.8 Å². The van der Waals surface area contributed by atoms with Crippen molar-refractivity contribution in [3.63, 3.8) is 0 Å². The zero-order valence-electron chi connectivity index (χ0n) is 16.7. The molecule has 158 valence electrons. The van der Waals surface area contributed by atoms with Crippen LogP contribution in [0.25, 0.3) is 0 Å². The molecule has 29 heavy (non-hydrogen) atoms. The van der Waals surface area contributed by atoms with Gasteiger partial charge in [-0.05, 0) is 55.7 Å². The monoisotopic (exact) mass is 422 g/mol. The van der Waals surface area contributed by atoms with Crippen LogP contribution in [-0.4, -0.2) is 47.0 Å². The van der Waals surface area contributed by atoms with Gasteiger partial charge in [-0.2, -0.15) is 0 Å². The number of carbonyl (C=O) groups excluding carboxylic acids is 2. The minimum absolute atomic E-state index is 0.125. The van der Waals surface area contributed by atoms with Crippen LogP contribution >= 0.6 is 0 Å². The Kier molecular flexibility index (Phi) is 7.98. The van der Waals surface area contributed by atoms with E-state index in [4.69, 9.17) is 9.15 Å². The number of ether oxygens (including phenoxy) is 1. The Balaban J connectivity index is 2.14. The Morgan fingerprint density at radius 3 is 2.45 bits per heavy atom. The fraction of sp³-hybridized carbons (Fsp3) is 0.400. The Morgan fingerprint density at radius 2 is 1.83 bits per heavy atom. The minimum atomic E-state index is -3.87. The number of amides is 2. The first-order valence-electron chi connectivity index (χ1n) is 9.17. The summed E-state index contributed by atoms with van der Waals surface area (Å²) in [5.74, 6) is -1.55. The molecule has 2 amide bonds. The number of rotatable bonds is 9. The summed E-state index contributed by atoms with van der Waals surface area (Å²) in [5.41, 5.74) is 1.81. The van der Waals surface area contributed by atoms with E-state index in [0.717, 1.165) is 11.1 Å². The van der Waals surface area contributed by atoms with Crippen molar-refractivity contribution in [3.05, 3.63) is 53.5 Å². The van der Waals surface area contributed by atoms with Crippen LogP contribution in [0, 0.1) is 13.8 Å². The van der Waals surface area contributed by atoms with Crippen LogP contribution in [0.15, 0.2) is 45.9 Å².